The molecule has 1 aliphatic carbocycles. The van der Waals surface area contributed by atoms with Crippen molar-refractivity contribution in [3.8, 4) is 5.75 Å². The summed E-state index contributed by atoms with van der Waals surface area (Å²) < 4.78 is 28.9. The highest BCUT2D eigenvalue weighted by Gasteiger charge is 2.24. The molecule has 1 aromatic rings. The number of hydrogen-bond acceptors (Lipinski definition) is 3. The Morgan fingerprint density at radius 1 is 1.29 bits per heavy atom. The van der Waals surface area contributed by atoms with Crippen LogP contribution in [0.25, 0.3) is 0 Å². The molecule has 21 heavy (non-hydrogen) atoms. The fourth-order valence-electron chi connectivity index (χ4n) is 2.38. The van der Waals surface area contributed by atoms with Crippen molar-refractivity contribution in [2.75, 3.05) is 5.32 Å². The van der Waals surface area contributed by atoms with Crippen molar-refractivity contribution in [1.82, 2.24) is 5.32 Å². The summed E-state index contributed by atoms with van der Waals surface area (Å²) >= 11 is 0. The van der Waals surface area contributed by atoms with E-state index in [4.69, 9.17) is 0 Å². The average molecular weight is 300 g/mol. The Hall–Kier alpha value is -1.89. The number of aliphatic hydroxyl groups excluding tert-OH is 1. The predicted octanol–water partition coefficient (Wildman–Crippen LogP) is 2.71. The summed E-state index contributed by atoms with van der Waals surface area (Å²) in [6.45, 7) is -2.96. The van der Waals surface area contributed by atoms with Gasteiger partial charge in [-0.15, -0.1) is 0 Å². The maximum atomic E-state index is 12.3. The monoisotopic (exact) mass is 300 g/mol. The number of para-hydroxylation sites is 2. The molecule has 1 saturated carbocycles. The van der Waals surface area contributed by atoms with Gasteiger partial charge in [0.1, 0.15) is 5.75 Å². The molecule has 2 unspecified atom stereocenters. The molecule has 0 radical (unpaired) electrons. The van der Waals surface area contributed by atoms with E-state index in [0.717, 1.165) is 12.8 Å². The molecule has 0 saturated heterocycles. The molecule has 2 atom stereocenters. The average Bonchev–Trinajstić information content (AvgIpc) is 2.43. The van der Waals surface area contributed by atoms with Crippen LogP contribution < -0.4 is 15.4 Å². The first-order valence-electron chi connectivity index (χ1n) is 6.85. The quantitative estimate of drug-likeness (QED) is 0.800. The Labute approximate surface area is 121 Å². The number of anilines is 1. The second-order valence-corrected chi connectivity index (χ2v) is 4.93. The topological polar surface area (TPSA) is 70.6 Å². The summed E-state index contributed by atoms with van der Waals surface area (Å²) in [5.74, 6) is -0.105. The molecule has 0 bridgehead atoms. The Morgan fingerprint density at radius 3 is 2.71 bits per heavy atom. The highest BCUT2D eigenvalue weighted by Crippen LogP contribution is 2.25. The van der Waals surface area contributed by atoms with Crippen molar-refractivity contribution in [2.45, 2.75) is 44.4 Å². The molecule has 1 aromatic carbocycles. The first-order valence-corrected chi connectivity index (χ1v) is 6.85. The number of carbonyl (C=O) groups excluding carboxylic acids is 1. The van der Waals surface area contributed by atoms with Gasteiger partial charge in [-0.05, 0) is 25.0 Å². The van der Waals surface area contributed by atoms with Crippen LogP contribution in [0.1, 0.15) is 25.7 Å². The second kappa shape index (κ2) is 7.21. The molecule has 116 valence electrons. The molecule has 5 nitrogen and oxygen atoms in total. The van der Waals surface area contributed by atoms with Crippen LogP contribution in [0.15, 0.2) is 24.3 Å². The molecular formula is C14H18F2N2O3. The molecule has 1 aliphatic rings. The van der Waals surface area contributed by atoms with Crippen LogP contribution in [0.2, 0.25) is 0 Å². The summed E-state index contributed by atoms with van der Waals surface area (Å²) in [7, 11) is 0. The van der Waals surface area contributed by atoms with E-state index in [0.29, 0.717) is 12.8 Å². The number of ether oxygens (including phenoxy) is 1. The van der Waals surface area contributed by atoms with Crippen LogP contribution in [-0.2, 0) is 0 Å². The van der Waals surface area contributed by atoms with Crippen molar-refractivity contribution < 1.29 is 23.4 Å². The van der Waals surface area contributed by atoms with E-state index in [1.54, 1.807) is 6.07 Å². The zero-order valence-electron chi connectivity index (χ0n) is 11.4. The van der Waals surface area contributed by atoms with Gasteiger partial charge in [0, 0.05) is 0 Å². The van der Waals surface area contributed by atoms with Crippen molar-refractivity contribution in [3.05, 3.63) is 24.3 Å². The molecule has 0 aliphatic heterocycles. The van der Waals surface area contributed by atoms with Gasteiger partial charge < -0.3 is 20.5 Å². The van der Waals surface area contributed by atoms with Gasteiger partial charge in [-0.3, -0.25) is 0 Å². The molecule has 1 fully saturated rings. The zero-order valence-corrected chi connectivity index (χ0v) is 11.4. The van der Waals surface area contributed by atoms with Crippen molar-refractivity contribution in [1.29, 1.82) is 0 Å². The molecule has 3 N–H and O–H groups in total. The van der Waals surface area contributed by atoms with Crippen LogP contribution in [0.4, 0.5) is 19.3 Å². The normalized spacial score (nSPS) is 21.9. The van der Waals surface area contributed by atoms with Gasteiger partial charge in [-0.1, -0.05) is 25.0 Å². The Morgan fingerprint density at radius 2 is 2.00 bits per heavy atom. The lowest BCUT2D eigenvalue weighted by Gasteiger charge is -2.28. The minimum atomic E-state index is -2.96. The third-order valence-electron chi connectivity index (χ3n) is 3.40. The third kappa shape index (κ3) is 4.56. The van der Waals surface area contributed by atoms with Crippen molar-refractivity contribution in [3.63, 3.8) is 0 Å². The summed E-state index contributed by atoms with van der Waals surface area (Å²) in [5, 5.41) is 14.9. The SMILES string of the molecule is O=C(Nc1ccccc1OC(F)F)NC1CCCCC1O. The van der Waals surface area contributed by atoms with Crippen LogP contribution >= 0.6 is 0 Å². The number of urea groups is 1. The lowest BCUT2D eigenvalue weighted by molar-refractivity contribution is -0.0493. The lowest BCUT2D eigenvalue weighted by atomic mass is 9.93. The number of hydrogen-bond donors (Lipinski definition) is 3. The van der Waals surface area contributed by atoms with Crippen molar-refractivity contribution >= 4 is 11.7 Å². The number of rotatable bonds is 4. The van der Waals surface area contributed by atoms with Gasteiger partial charge in [0.15, 0.2) is 0 Å². The van der Waals surface area contributed by atoms with Crippen LogP contribution in [0.3, 0.4) is 0 Å². The lowest BCUT2D eigenvalue weighted by Crippen LogP contribution is -2.46. The van der Waals surface area contributed by atoms with Gasteiger partial charge in [0.05, 0.1) is 17.8 Å². The number of benzene rings is 1. The largest absolute Gasteiger partial charge is 0.433 e. The van der Waals surface area contributed by atoms with E-state index in [2.05, 4.69) is 15.4 Å². The number of nitrogens with one attached hydrogen (secondary N) is 2. The molecule has 7 heteroatoms. The number of amides is 2. The van der Waals surface area contributed by atoms with E-state index in [9.17, 15) is 18.7 Å². The maximum Gasteiger partial charge on any atom is 0.387 e. The molecule has 0 aromatic heterocycles. The highest BCUT2D eigenvalue weighted by atomic mass is 19.3. The molecule has 0 heterocycles. The minimum absolute atomic E-state index is 0.105. The maximum absolute atomic E-state index is 12.3. The fourth-order valence-corrected chi connectivity index (χ4v) is 2.38. The van der Waals surface area contributed by atoms with Gasteiger partial charge >= 0.3 is 12.6 Å². The van der Waals surface area contributed by atoms with Crippen LogP contribution in [0.5, 0.6) is 5.75 Å². The standard InChI is InChI=1S/C14H18F2N2O3/c15-13(16)21-12-8-4-2-6-10(12)18-14(20)17-9-5-1-3-7-11(9)19/h2,4,6,8-9,11,13,19H,1,3,5,7H2,(H2,17,18,20). The summed E-state index contributed by atoms with van der Waals surface area (Å²) in [4.78, 5) is 11.9. The first kappa shape index (κ1) is 15.5. The number of alkyl halides is 2. The number of aliphatic hydroxyl groups is 1. The first-order chi connectivity index (χ1) is 10.1. The zero-order chi connectivity index (χ0) is 15.2. The van der Waals surface area contributed by atoms with E-state index in [1.165, 1.54) is 18.2 Å². The Balaban J connectivity index is 1.96. The van der Waals surface area contributed by atoms with Gasteiger partial charge in [0.25, 0.3) is 0 Å². The predicted molar refractivity (Wildman–Crippen MR) is 73.5 cm³/mol. The molecule has 2 rings (SSSR count). The smallest absolute Gasteiger partial charge is 0.387 e. The summed E-state index contributed by atoms with van der Waals surface area (Å²) in [5.41, 5.74) is 0.153. The molecule has 2 amide bonds. The fraction of sp³-hybridized carbons (Fsp3) is 0.500. The Kier molecular flexibility index (Phi) is 5.32. The van der Waals surface area contributed by atoms with Crippen LogP contribution in [-0.4, -0.2) is 29.9 Å². The molecular weight excluding hydrogens is 282 g/mol. The highest BCUT2D eigenvalue weighted by molar-refractivity contribution is 5.91. The van der Waals surface area contributed by atoms with E-state index in [1.807, 2.05) is 0 Å². The van der Waals surface area contributed by atoms with Crippen molar-refractivity contribution in [2.24, 2.45) is 0 Å². The van der Waals surface area contributed by atoms with E-state index >= 15 is 0 Å². The minimum Gasteiger partial charge on any atom is -0.433 e. The summed E-state index contributed by atoms with van der Waals surface area (Å²) in [6.07, 6.45) is 2.65. The van der Waals surface area contributed by atoms with Gasteiger partial charge in [-0.2, -0.15) is 8.78 Å². The van der Waals surface area contributed by atoms with E-state index in [-0.39, 0.29) is 17.5 Å². The summed E-state index contributed by atoms with van der Waals surface area (Å²) in [6, 6.07) is 5.08. The van der Waals surface area contributed by atoms with E-state index < -0.39 is 18.7 Å². The second-order valence-electron chi connectivity index (χ2n) is 4.93. The Bertz CT molecular complexity index is 485. The van der Waals surface area contributed by atoms with Gasteiger partial charge in [-0.25, -0.2) is 4.79 Å². The number of halogens is 2. The van der Waals surface area contributed by atoms with Gasteiger partial charge in [0.2, 0.25) is 0 Å². The molecule has 0 spiro atoms. The number of carbonyl (C=O) groups is 1. The third-order valence-corrected chi connectivity index (χ3v) is 3.40. The van der Waals surface area contributed by atoms with Crippen LogP contribution in [0, 0.1) is 0 Å².